The van der Waals surface area contributed by atoms with Gasteiger partial charge in [-0.1, -0.05) is 13.8 Å². The molecule has 0 aromatic carbocycles. The van der Waals surface area contributed by atoms with Crippen LogP contribution in [0.2, 0.25) is 0 Å². The summed E-state index contributed by atoms with van der Waals surface area (Å²) in [5.74, 6) is 3.50. The maximum Gasteiger partial charge on any atom is 0.0653 e. The van der Waals surface area contributed by atoms with E-state index in [1.165, 1.54) is 44.9 Å². The molecule has 0 aromatic heterocycles. The van der Waals surface area contributed by atoms with Gasteiger partial charge in [0.15, 0.2) is 0 Å². The molecule has 3 N–H and O–H groups in total. The van der Waals surface area contributed by atoms with Gasteiger partial charge in [0, 0.05) is 0 Å². The van der Waals surface area contributed by atoms with Gasteiger partial charge in [-0.15, -0.1) is 0 Å². The molecule has 3 nitrogen and oxygen atoms in total. The minimum Gasteiger partial charge on any atom is -0.393 e. The second-order valence-electron chi connectivity index (χ2n) is 13.3. The first kappa shape index (κ1) is 23.1. The van der Waals surface area contributed by atoms with Crippen LogP contribution in [0.15, 0.2) is 0 Å². The van der Waals surface area contributed by atoms with Crippen molar-refractivity contribution in [2.24, 2.45) is 40.4 Å². The Morgan fingerprint density at radius 2 is 1.47 bits per heavy atom. The summed E-state index contributed by atoms with van der Waals surface area (Å²) in [6.07, 6.45) is 13.3. The summed E-state index contributed by atoms with van der Waals surface area (Å²) < 4.78 is 0. The van der Waals surface area contributed by atoms with Crippen molar-refractivity contribution in [3.63, 3.8) is 0 Å². The zero-order valence-electron chi connectivity index (χ0n) is 20.3. The lowest BCUT2D eigenvalue weighted by atomic mass is 9.44. The van der Waals surface area contributed by atoms with Crippen LogP contribution in [0.25, 0.3) is 0 Å². The third-order valence-electron chi connectivity index (χ3n) is 10.9. The molecule has 0 radical (unpaired) electrons. The van der Waals surface area contributed by atoms with Gasteiger partial charge in [0.1, 0.15) is 0 Å². The van der Waals surface area contributed by atoms with Crippen LogP contribution in [0.5, 0.6) is 0 Å². The molecule has 4 saturated carbocycles. The molecule has 174 valence electrons. The quantitative estimate of drug-likeness (QED) is 0.535. The third kappa shape index (κ3) is 3.90. The summed E-state index contributed by atoms with van der Waals surface area (Å²) in [6.45, 7) is 10.9. The van der Waals surface area contributed by atoms with Gasteiger partial charge in [0.05, 0.1) is 17.3 Å². The van der Waals surface area contributed by atoms with Crippen molar-refractivity contribution in [1.82, 2.24) is 0 Å². The van der Waals surface area contributed by atoms with Crippen LogP contribution >= 0.6 is 0 Å². The van der Waals surface area contributed by atoms with Crippen molar-refractivity contribution in [1.29, 1.82) is 0 Å². The van der Waals surface area contributed by atoms with E-state index in [2.05, 4.69) is 20.8 Å². The number of aliphatic hydroxyl groups is 3. The predicted octanol–water partition coefficient (Wildman–Crippen LogP) is 5.70. The van der Waals surface area contributed by atoms with Gasteiger partial charge in [0.25, 0.3) is 0 Å². The number of fused-ring (bicyclic) bond motifs is 5. The summed E-state index contributed by atoms with van der Waals surface area (Å²) in [5.41, 5.74) is -0.580. The maximum atomic E-state index is 11.6. The standard InChI is InChI=1S/C27H48O3/c1-24(2,29)13-6-14-27(5,30)23-10-9-21-20-8-7-18-17-19(28)11-15-25(18,3)22(20)12-16-26(21,23)4/h18-23,28-30H,6-17H2,1-5H3/t18-,19-,20-,21-,22-,23-,25-,26-,27-/m0/s1. The van der Waals surface area contributed by atoms with E-state index in [1.807, 2.05) is 13.8 Å². The molecule has 0 spiro atoms. The highest BCUT2D eigenvalue weighted by molar-refractivity contribution is 5.11. The van der Waals surface area contributed by atoms with E-state index in [9.17, 15) is 15.3 Å². The molecule has 4 rings (SSSR count). The van der Waals surface area contributed by atoms with Gasteiger partial charge in [-0.2, -0.15) is 0 Å². The topological polar surface area (TPSA) is 60.7 Å². The van der Waals surface area contributed by atoms with Gasteiger partial charge in [-0.3, -0.25) is 0 Å². The smallest absolute Gasteiger partial charge is 0.0653 e. The highest BCUT2D eigenvalue weighted by atomic mass is 16.3. The third-order valence-corrected chi connectivity index (χ3v) is 10.9. The summed E-state index contributed by atoms with van der Waals surface area (Å²) >= 11 is 0. The number of hydrogen-bond donors (Lipinski definition) is 3. The Morgan fingerprint density at radius 3 is 2.17 bits per heavy atom. The van der Waals surface area contributed by atoms with E-state index in [0.717, 1.165) is 49.9 Å². The van der Waals surface area contributed by atoms with Gasteiger partial charge >= 0.3 is 0 Å². The Hall–Kier alpha value is -0.120. The molecule has 0 saturated heterocycles. The maximum absolute atomic E-state index is 11.6. The average Bonchev–Trinajstić information content (AvgIpc) is 2.99. The van der Waals surface area contributed by atoms with Crippen LogP contribution in [0, 0.1) is 40.4 Å². The van der Waals surface area contributed by atoms with Crippen molar-refractivity contribution in [3.05, 3.63) is 0 Å². The van der Waals surface area contributed by atoms with E-state index in [4.69, 9.17) is 0 Å². The summed E-state index contributed by atoms with van der Waals surface area (Å²) in [7, 11) is 0. The van der Waals surface area contributed by atoms with Crippen LogP contribution in [0.1, 0.15) is 112 Å². The lowest BCUT2D eigenvalue weighted by Crippen LogP contribution is -2.55. The van der Waals surface area contributed by atoms with Crippen LogP contribution in [0.4, 0.5) is 0 Å². The first-order valence-electron chi connectivity index (χ1n) is 13.0. The molecule has 4 aliphatic rings. The Bertz CT molecular complexity index is 622. The zero-order chi connectivity index (χ0) is 21.9. The zero-order valence-corrected chi connectivity index (χ0v) is 20.3. The first-order chi connectivity index (χ1) is 13.9. The fraction of sp³-hybridized carbons (Fsp3) is 1.00. The van der Waals surface area contributed by atoms with Crippen molar-refractivity contribution < 1.29 is 15.3 Å². The molecular weight excluding hydrogens is 372 g/mol. The van der Waals surface area contributed by atoms with E-state index in [-0.39, 0.29) is 11.5 Å². The SMILES string of the molecule is CC(C)(O)CCC[C@](C)(O)[C@H]1CC[C@H]2[C@@H]3CC[C@H]4C[C@@H](O)CC[C@]4(C)[C@H]3CC[C@@]21C. The number of hydrogen-bond acceptors (Lipinski definition) is 3. The average molecular weight is 421 g/mol. The number of aliphatic hydroxyl groups excluding tert-OH is 1. The van der Waals surface area contributed by atoms with E-state index >= 15 is 0 Å². The highest BCUT2D eigenvalue weighted by Crippen LogP contribution is 2.68. The second kappa shape index (κ2) is 7.73. The monoisotopic (exact) mass is 420 g/mol. The van der Waals surface area contributed by atoms with Crippen LogP contribution < -0.4 is 0 Å². The van der Waals surface area contributed by atoms with Crippen molar-refractivity contribution >= 4 is 0 Å². The summed E-state index contributed by atoms with van der Waals surface area (Å²) in [6, 6.07) is 0. The normalized spacial score (nSPS) is 48.4. The highest BCUT2D eigenvalue weighted by Gasteiger charge is 2.62. The van der Waals surface area contributed by atoms with Gasteiger partial charge in [0.2, 0.25) is 0 Å². The molecule has 30 heavy (non-hydrogen) atoms. The molecule has 4 aliphatic carbocycles. The van der Waals surface area contributed by atoms with Gasteiger partial charge < -0.3 is 15.3 Å². The van der Waals surface area contributed by atoms with Crippen LogP contribution in [-0.2, 0) is 0 Å². The molecule has 0 aliphatic heterocycles. The largest absolute Gasteiger partial charge is 0.393 e. The van der Waals surface area contributed by atoms with Crippen LogP contribution in [0.3, 0.4) is 0 Å². The molecule has 0 unspecified atom stereocenters. The molecule has 0 aromatic rings. The lowest BCUT2D eigenvalue weighted by molar-refractivity contribution is -0.145. The van der Waals surface area contributed by atoms with Gasteiger partial charge in [-0.05, 0) is 138 Å². The summed E-state index contributed by atoms with van der Waals surface area (Å²) in [5, 5.41) is 31.9. The first-order valence-corrected chi connectivity index (χ1v) is 13.0. The van der Waals surface area contributed by atoms with Crippen molar-refractivity contribution in [2.75, 3.05) is 0 Å². The molecule has 0 heterocycles. The molecule has 0 amide bonds. The van der Waals surface area contributed by atoms with E-state index in [0.29, 0.717) is 17.3 Å². The minimum atomic E-state index is -0.641. The Balaban J connectivity index is 1.48. The second-order valence-corrected chi connectivity index (χ2v) is 13.3. The van der Waals surface area contributed by atoms with Gasteiger partial charge in [-0.25, -0.2) is 0 Å². The molecular formula is C27H48O3. The number of rotatable bonds is 5. The van der Waals surface area contributed by atoms with Crippen molar-refractivity contribution in [3.8, 4) is 0 Å². The predicted molar refractivity (Wildman–Crippen MR) is 122 cm³/mol. The molecule has 9 atom stereocenters. The van der Waals surface area contributed by atoms with Crippen LogP contribution in [-0.4, -0.2) is 32.6 Å². The molecule has 4 fully saturated rings. The Morgan fingerprint density at radius 1 is 0.800 bits per heavy atom. The molecule has 3 heteroatoms. The molecule has 0 bridgehead atoms. The lowest BCUT2D eigenvalue weighted by Gasteiger charge is -2.61. The van der Waals surface area contributed by atoms with E-state index < -0.39 is 11.2 Å². The van der Waals surface area contributed by atoms with E-state index in [1.54, 1.807) is 0 Å². The fourth-order valence-corrected chi connectivity index (χ4v) is 9.31. The summed E-state index contributed by atoms with van der Waals surface area (Å²) in [4.78, 5) is 0. The van der Waals surface area contributed by atoms with Crippen molar-refractivity contribution in [2.45, 2.75) is 129 Å². The fourth-order valence-electron chi connectivity index (χ4n) is 9.31. The Kier molecular flexibility index (Phi) is 5.94. The minimum absolute atomic E-state index is 0.0664. The Labute approximate surface area is 185 Å².